The van der Waals surface area contributed by atoms with E-state index in [4.69, 9.17) is 9.47 Å². The second kappa shape index (κ2) is 8.32. The first-order valence-corrected chi connectivity index (χ1v) is 7.72. The normalized spacial score (nSPS) is 10.4. The lowest BCUT2D eigenvalue weighted by Gasteiger charge is -2.07. The van der Waals surface area contributed by atoms with E-state index in [1.54, 1.807) is 6.07 Å². The van der Waals surface area contributed by atoms with Gasteiger partial charge in [0.05, 0.1) is 13.7 Å². The molecule has 3 nitrogen and oxygen atoms in total. The minimum absolute atomic E-state index is 0.0853. The lowest BCUT2D eigenvalue weighted by molar-refractivity contribution is 0.0982. The Bertz CT molecular complexity index is 650. The van der Waals surface area contributed by atoms with Crippen molar-refractivity contribution in [2.75, 3.05) is 13.7 Å². The van der Waals surface area contributed by atoms with Gasteiger partial charge in [-0.05, 0) is 48.7 Å². The van der Waals surface area contributed by atoms with Gasteiger partial charge in [0.1, 0.15) is 5.75 Å². The number of carbonyl (C=O) groups is 1. The van der Waals surface area contributed by atoms with Crippen molar-refractivity contribution in [1.29, 1.82) is 0 Å². The molecule has 0 amide bonds. The Labute approximate surface area is 136 Å². The van der Waals surface area contributed by atoms with Crippen LogP contribution in [0.1, 0.15) is 35.7 Å². The van der Waals surface area contributed by atoms with Crippen molar-refractivity contribution in [2.24, 2.45) is 0 Å². The number of hydrogen-bond donors (Lipinski definition) is 0. The van der Waals surface area contributed by atoms with Gasteiger partial charge in [0.25, 0.3) is 0 Å². The molecule has 4 heteroatoms. The molecule has 0 saturated heterocycles. The van der Waals surface area contributed by atoms with Gasteiger partial charge >= 0.3 is 0 Å². The number of carbonyl (C=O) groups excluding carboxylic acids is 1. The summed E-state index contributed by atoms with van der Waals surface area (Å²) in [4.78, 5) is 12.1. The van der Waals surface area contributed by atoms with E-state index in [0.29, 0.717) is 25.0 Å². The number of Topliss-reactive ketones (excluding diaryl/α,β-unsaturated/α-hetero) is 1. The van der Waals surface area contributed by atoms with Crippen molar-refractivity contribution in [3.05, 3.63) is 59.4 Å². The smallest absolute Gasteiger partial charge is 0.165 e. The highest BCUT2D eigenvalue weighted by Crippen LogP contribution is 2.19. The SMILES string of the molecule is CCCOc1ccc(CCC(=O)c2ccc(OC)c(F)c2)cc1. The zero-order chi connectivity index (χ0) is 16.7. The van der Waals surface area contributed by atoms with Crippen LogP contribution < -0.4 is 9.47 Å². The van der Waals surface area contributed by atoms with Gasteiger partial charge in [-0.25, -0.2) is 4.39 Å². The van der Waals surface area contributed by atoms with Gasteiger partial charge in [-0.2, -0.15) is 0 Å². The fourth-order valence-corrected chi connectivity index (χ4v) is 2.21. The number of benzene rings is 2. The molecule has 0 bridgehead atoms. The number of rotatable bonds is 8. The van der Waals surface area contributed by atoms with Gasteiger partial charge in [-0.15, -0.1) is 0 Å². The zero-order valence-corrected chi connectivity index (χ0v) is 13.5. The molecular weight excluding hydrogens is 295 g/mol. The van der Waals surface area contributed by atoms with E-state index < -0.39 is 5.82 Å². The summed E-state index contributed by atoms with van der Waals surface area (Å²) >= 11 is 0. The molecule has 2 aromatic carbocycles. The maximum absolute atomic E-state index is 13.6. The first kappa shape index (κ1) is 17.0. The van der Waals surface area contributed by atoms with Gasteiger partial charge in [0.15, 0.2) is 17.3 Å². The second-order valence-electron chi connectivity index (χ2n) is 5.26. The average molecular weight is 316 g/mol. The Morgan fingerprint density at radius 1 is 1.13 bits per heavy atom. The molecule has 0 fully saturated rings. The number of halogens is 1. The van der Waals surface area contributed by atoms with E-state index in [9.17, 15) is 9.18 Å². The Kier molecular flexibility index (Phi) is 6.15. The molecule has 0 atom stereocenters. The topological polar surface area (TPSA) is 35.5 Å². The molecule has 0 aliphatic rings. The standard InChI is InChI=1S/C19H21FO3/c1-3-12-23-16-8-4-14(5-9-16)6-10-18(21)15-7-11-19(22-2)17(20)13-15/h4-5,7-9,11,13H,3,6,10,12H2,1-2H3. The summed E-state index contributed by atoms with van der Waals surface area (Å²) in [5.41, 5.74) is 1.42. The molecule has 0 N–H and O–H groups in total. The van der Waals surface area contributed by atoms with Crippen molar-refractivity contribution in [3.8, 4) is 11.5 Å². The van der Waals surface area contributed by atoms with Crippen molar-refractivity contribution in [3.63, 3.8) is 0 Å². The van der Waals surface area contributed by atoms with Crippen LogP contribution in [-0.4, -0.2) is 19.5 Å². The lowest BCUT2D eigenvalue weighted by Crippen LogP contribution is -2.02. The Morgan fingerprint density at radius 3 is 2.48 bits per heavy atom. The summed E-state index contributed by atoms with van der Waals surface area (Å²) in [6.07, 6.45) is 1.91. The molecule has 0 aliphatic heterocycles. The molecule has 2 aromatic rings. The molecular formula is C19H21FO3. The van der Waals surface area contributed by atoms with Crippen LogP contribution in [0.2, 0.25) is 0 Å². The fraction of sp³-hybridized carbons (Fsp3) is 0.316. The van der Waals surface area contributed by atoms with Crippen LogP contribution in [0.25, 0.3) is 0 Å². The Hall–Kier alpha value is -2.36. The number of methoxy groups -OCH3 is 1. The summed E-state index contributed by atoms with van der Waals surface area (Å²) in [6, 6.07) is 12.0. The highest BCUT2D eigenvalue weighted by Gasteiger charge is 2.10. The zero-order valence-electron chi connectivity index (χ0n) is 13.5. The van der Waals surface area contributed by atoms with E-state index in [1.165, 1.54) is 19.2 Å². The number of hydrogen-bond acceptors (Lipinski definition) is 3. The molecule has 0 unspecified atom stereocenters. The van der Waals surface area contributed by atoms with Crippen molar-refractivity contribution >= 4 is 5.78 Å². The van der Waals surface area contributed by atoms with Gasteiger partial charge in [-0.3, -0.25) is 4.79 Å². The number of ether oxygens (including phenoxy) is 2. The first-order chi connectivity index (χ1) is 11.1. The van der Waals surface area contributed by atoms with Crippen LogP contribution in [-0.2, 0) is 6.42 Å². The van der Waals surface area contributed by atoms with Crippen LogP contribution >= 0.6 is 0 Å². The largest absolute Gasteiger partial charge is 0.494 e. The van der Waals surface area contributed by atoms with E-state index >= 15 is 0 Å². The molecule has 2 rings (SSSR count). The quantitative estimate of drug-likeness (QED) is 0.675. The van der Waals surface area contributed by atoms with Crippen LogP contribution in [0, 0.1) is 5.82 Å². The molecule has 23 heavy (non-hydrogen) atoms. The van der Waals surface area contributed by atoms with Gasteiger partial charge in [0, 0.05) is 12.0 Å². The van der Waals surface area contributed by atoms with Gasteiger partial charge < -0.3 is 9.47 Å². The van der Waals surface area contributed by atoms with Crippen molar-refractivity contribution < 1.29 is 18.7 Å². The molecule has 0 saturated carbocycles. The summed E-state index contributed by atoms with van der Waals surface area (Å²) in [6.45, 7) is 2.75. The maximum atomic E-state index is 13.6. The van der Waals surface area contributed by atoms with Gasteiger partial charge in [0.2, 0.25) is 0 Å². The second-order valence-corrected chi connectivity index (χ2v) is 5.26. The third-order valence-corrected chi connectivity index (χ3v) is 3.51. The number of ketones is 1. The van der Waals surface area contributed by atoms with E-state index in [1.807, 2.05) is 24.3 Å². The van der Waals surface area contributed by atoms with Crippen LogP contribution in [0.15, 0.2) is 42.5 Å². The predicted octanol–water partition coefficient (Wildman–Crippen LogP) is 4.44. The maximum Gasteiger partial charge on any atom is 0.165 e. The third-order valence-electron chi connectivity index (χ3n) is 3.51. The molecule has 122 valence electrons. The van der Waals surface area contributed by atoms with E-state index in [2.05, 4.69) is 6.92 Å². The monoisotopic (exact) mass is 316 g/mol. The Balaban J connectivity index is 1.92. The average Bonchev–Trinajstić information content (AvgIpc) is 2.58. The van der Waals surface area contributed by atoms with Crippen LogP contribution in [0.3, 0.4) is 0 Å². The van der Waals surface area contributed by atoms with Crippen molar-refractivity contribution in [2.45, 2.75) is 26.2 Å². The van der Waals surface area contributed by atoms with E-state index in [0.717, 1.165) is 17.7 Å². The Morgan fingerprint density at radius 2 is 1.87 bits per heavy atom. The summed E-state index contributed by atoms with van der Waals surface area (Å²) in [5, 5.41) is 0. The minimum atomic E-state index is -0.518. The first-order valence-electron chi connectivity index (χ1n) is 7.72. The summed E-state index contributed by atoms with van der Waals surface area (Å²) < 4.78 is 24.0. The highest BCUT2D eigenvalue weighted by atomic mass is 19.1. The molecule has 0 heterocycles. The van der Waals surface area contributed by atoms with Gasteiger partial charge in [-0.1, -0.05) is 19.1 Å². The fourth-order valence-electron chi connectivity index (χ4n) is 2.21. The predicted molar refractivity (Wildman–Crippen MR) is 87.8 cm³/mol. The molecule has 0 radical (unpaired) electrons. The van der Waals surface area contributed by atoms with E-state index in [-0.39, 0.29) is 11.5 Å². The lowest BCUT2D eigenvalue weighted by atomic mass is 10.0. The third kappa shape index (κ3) is 4.81. The molecule has 0 spiro atoms. The summed E-state index contributed by atoms with van der Waals surface area (Å²) in [7, 11) is 1.40. The highest BCUT2D eigenvalue weighted by molar-refractivity contribution is 5.96. The van der Waals surface area contributed by atoms with Crippen LogP contribution in [0.4, 0.5) is 4.39 Å². The molecule has 0 aliphatic carbocycles. The van der Waals surface area contributed by atoms with Crippen molar-refractivity contribution in [1.82, 2.24) is 0 Å². The number of aryl methyl sites for hydroxylation is 1. The molecule has 0 aromatic heterocycles. The van der Waals surface area contributed by atoms with Crippen LogP contribution in [0.5, 0.6) is 11.5 Å². The summed E-state index contributed by atoms with van der Waals surface area (Å²) in [5.74, 6) is 0.372. The minimum Gasteiger partial charge on any atom is -0.494 e.